The molecule has 2 N–H and O–H groups in total. The summed E-state index contributed by atoms with van der Waals surface area (Å²) in [6, 6.07) is 15.5. The van der Waals surface area contributed by atoms with Gasteiger partial charge in [-0.2, -0.15) is 5.10 Å². The first-order valence-electron chi connectivity index (χ1n) is 15.8. The number of carbonyl (C=O) groups is 1. The van der Waals surface area contributed by atoms with Crippen LogP contribution in [0.5, 0.6) is 5.75 Å². The predicted octanol–water partition coefficient (Wildman–Crippen LogP) is 6.06. The highest BCUT2D eigenvalue weighted by atomic mass is 16.6. The summed E-state index contributed by atoms with van der Waals surface area (Å²) < 4.78 is 13.6. The van der Waals surface area contributed by atoms with Crippen molar-refractivity contribution in [3.05, 3.63) is 75.7 Å². The van der Waals surface area contributed by atoms with E-state index in [1.165, 1.54) is 6.42 Å². The maximum Gasteiger partial charge on any atom is 0.410 e. The fourth-order valence-corrected chi connectivity index (χ4v) is 6.73. The van der Waals surface area contributed by atoms with Crippen LogP contribution in [-0.2, 0) is 11.3 Å². The first kappa shape index (κ1) is 29.9. The van der Waals surface area contributed by atoms with E-state index in [2.05, 4.69) is 10.3 Å². The van der Waals surface area contributed by atoms with Gasteiger partial charge in [-0.3, -0.25) is 14.4 Å². The van der Waals surface area contributed by atoms with Crippen molar-refractivity contribution in [3.8, 4) is 17.1 Å². The summed E-state index contributed by atoms with van der Waals surface area (Å²) >= 11 is 0. The molecule has 44 heavy (non-hydrogen) atoms. The molecule has 232 valence electrons. The summed E-state index contributed by atoms with van der Waals surface area (Å²) in [5.41, 5.74) is 4.23. The molecule has 1 aliphatic heterocycles. The Kier molecular flexibility index (Phi) is 8.97. The third-order valence-electron chi connectivity index (χ3n) is 9.14. The molecular formula is C34H42N6O4. The predicted molar refractivity (Wildman–Crippen MR) is 170 cm³/mol. The van der Waals surface area contributed by atoms with Gasteiger partial charge in [-0.25, -0.2) is 9.78 Å². The van der Waals surface area contributed by atoms with Gasteiger partial charge in [0.25, 0.3) is 5.56 Å². The van der Waals surface area contributed by atoms with Crippen molar-refractivity contribution in [2.45, 2.75) is 83.5 Å². The molecule has 2 fully saturated rings. The van der Waals surface area contributed by atoms with Crippen molar-refractivity contribution in [2.24, 2.45) is 0 Å². The second-order valence-electron chi connectivity index (χ2n) is 12.0. The minimum Gasteiger partial charge on any atom is -0.496 e. The zero-order valence-electron chi connectivity index (χ0n) is 25.8. The Labute approximate surface area is 257 Å². The number of nitrogens with zero attached hydrogens (tertiary/aromatic N) is 4. The summed E-state index contributed by atoms with van der Waals surface area (Å²) in [6.07, 6.45) is 6.94. The molecule has 1 amide bonds. The zero-order chi connectivity index (χ0) is 30.6. The Bertz CT molecular complexity index is 1650. The van der Waals surface area contributed by atoms with Crippen LogP contribution in [0.2, 0.25) is 0 Å². The van der Waals surface area contributed by atoms with Crippen LogP contribution < -0.4 is 15.6 Å². The number of amides is 1. The Morgan fingerprint density at radius 2 is 1.82 bits per heavy atom. The Hall–Kier alpha value is -4.18. The molecule has 10 heteroatoms. The molecule has 1 aliphatic carbocycles. The lowest BCUT2D eigenvalue weighted by molar-refractivity contribution is 0.0560. The molecule has 1 unspecified atom stereocenters. The van der Waals surface area contributed by atoms with Crippen molar-refractivity contribution < 1.29 is 14.3 Å². The number of aryl methyl sites for hydroxylation is 1. The molecule has 2 aliphatic rings. The van der Waals surface area contributed by atoms with Gasteiger partial charge in [-0.05, 0) is 75.9 Å². The summed E-state index contributed by atoms with van der Waals surface area (Å²) in [7, 11) is 1.61. The smallest absolute Gasteiger partial charge is 0.410 e. The average Bonchev–Trinajstić information content (AvgIpc) is 3.41. The monoisotopic (exact) mass is 598 g/mol. The highest BCUT2D eigenvalue weighted by Crippen LogP contribution is 2.35. The van der Waals surface area contributed by atoms with E-state index in [0.29, 0.717) is 28.2 Å². The average molecular weight is 599 g/mol. The summed E-state index contributed by atoms with van der Waals surface area (Å²) in [5.74, 6) is 0.999. The van der Waals surface area contributed by atoms with E-state index in [1.807, 2.05) is 72.0 Å². The Balaban J connectivity index is 1.30. The molecule has 10 nitrogen and oxygen atoms in total. The number of ether oxygens (including phenoxy) is 2. The van der Waals surface area contributed by atoms with Gasteiger partial charge in [0, 0.05) is 6.04 Å². The zero-order valence-corrected chi connectivity index (χ0v) is 25.8. The Morgan fingerprint density at radius 3 is 2.55 bits per heavy atom. The summed E-state index contributed by atoms with van der Waals surface area (Å²) in [5, 5.41) is 8.14. The highest BCUT2D eigenvalue weighted by Gasteiger charge is 2.32. The Morgan fingerprint density at radius 1 is 1.07 bits per heavy atom. The van der Waals surface area contributed by atoms with Crippen molar-refractivity contribution in [2.75, 3.05) is 20.2 Å². The highest BCUT2D eigenvalue weighted by molar-refractivity contribution is 5.80. The number of fused-ring (bicyclic) bond motifs is 1. The molecule has 2 aromatic heterocycles. The van der Waals surface area contributed by atoms with Gasteiger partial charge in [0.05, 0.1) is 30.5 Å². The standard InChI is InChI=1S/C34H42N6O4/c1-22-30-31(40(38-22)27-12-8-5-9-13-27)33(41)37-32(36-30)28-15-14-25(20-29(28)43-3)23(2)39(26-16-18-35-19-17-26)34(42)44-21-24-10-6-4-7-11-24/h4,6-7,10-11,14-15,20,23,26-27,35H,5,8-9,12-13,16-19,21H2,1-3H3,(H,36,37,41). The third-order valence-corrected chi connectivity index (χ3v) is 9.14. The number of benzene rings is 2. The number of piperidine rings is 1. The summed E-state index contributed by atoms with van der Waals surface area (Å²) in [6.45, 7) is 5.84. The van der Waals surface area contributed by atoms with Crippen LogP contribution in [-0.4, -0.2) is 57.0 Å². The first-order valence-corrected chi connectivity index (χ1v) is 15.8. The maximum atomic E-state index is 13.6. The van der Waals surface area contributed by atoms with Gasteiger partial charge >= 0.3 is 6.09 Å². The molecule has 1 saturated carbocycles. The molecule has 3 heterocycles. The van der Waals surface area contributed by atoms with E-state index in [-0.39, 0.29) is 36.4 Å². The van der Waals surface area contributed by atoms with Gasteiger partial charge in [-0.1, -0.05) is 55.7 Å². The molecule has 2 aromatic carbocycles. The van der Waals surface area contributed by atoms with Crippen molar-refractivity contribution >= 4 is 17.1 Å². The molecule has 1 saturated heterocycles. The second-order valence-corrected chi connectivity index (χ2v) is 12.0. The largest absolute Gasteiger partial charge is 0.496 e. The van der Waals surface area contributed by atoms with Crippen molar-refractivity contribution in [1.29, 1.82) is 0 Å². The number of aromatic nitrogens is 4. The molecule has 6 rings (SSSR count). The molecule has 4 aromatic rings. The number of aromatic amines is 1. The van der Waals surface area contributed by atoms with E-state index in [1.54, 1.807) is 7.11 Å². The number of nitrogens with one attached hydrogen (secondary N) is 2. The van der Waals surface area contributed by atoms with Crippen LogP contribution in [0.1, 0.15) is 80.8 Å². The minimum atomic E-state index is -0.335. The molecule has 0 radical (unpaired) electrons. The van der Waals surface area contributed by atoms with E-state index in [0.717, 1.165) is 68.4 Å². The lowest BCUT2D eigenvalue weighted by Gasteiger charge is -2.38. The molecule has 0 spiro atoms. The van der Waals surface area contributed by atoms with E-state index in [4.69, 9.17) is 19.6 Å². The van der Waals surface area contributed by atoms with Gasteiger partial charge in [0.1, 0.15) is 23.7 Å². The third kappa shape index (κ3) is 6.08. The van der Waals surface area contributed by atoms with Gasteiger partial charge in [-0.15, -0.1) is 0 Å². The first-order chi connectivity index (χ1) is 21.4. The minimum absolute atomic E-state index is 0.0456. The van der Waals surface area contributed by atoms with E-state index in [9.17, 15) is 9.59 Å². The van der Waals surface area contributed by atoms with Crippen LogP contribution in [0.4, 0.5) is 4.79 Å². The molecule has 1 atom stereocenters. The van der Waals surface area contributed by atoms with Crippen LogP contribution in [0, 0.1) is 6.92 Å². The number of hydrogen-bond acceptors (Lipinski definition) is 7. The van der Waals surface area contributed by atoms with Gasteiger partial charge in [0.2, 0.25) is 0 Å². The number of H-pyrrole nitrogens is 1. The van der Waals surface area contributed by atoms with Crippen LogP contribution in [0.15, 0.2) is 53.3 Å². The summed E-state index contributed by atoms with van der Waals surface area (Å²) in [4.78, 5) is 36.8. The second kappa shape index (κ2) is 13.2. The molecule has 0 bridgehead atoms. The lowest BCUT2D eigenvalue weighted by atomic mass is 9.95. The van der Waals surface area contributed by atoms with Crippen LogP contribution in [0.3, 0.4) is 0 Å². The van der Waals surface area contributed by atoms with Crippen LogP contribution in [0.25, 0.3) is 22.4 Å². The van der Waals surface area contributed by atoms with E-state index >= 15 is 0 Å². The van der Waals surface area contributed by atoms with Gasteiger partial charge in [0.15, 0.2) is 5.52 Å². The maximum absolute atomic E-state index is 13.6. The van der Waals surface area contributed by atoms with Crippen LogP contribution >= 0.6 is 0 Å². The van der Waals surface area contributed by atoms with Gasteiger partial charge < -0.3 is 19.8 Å². The topological polar surface area (TPSA) is 114 Å². The fourth-order valence-electron chi connectivity index (χ4n) is 6.73. The fraction of sp³-hybridized carbons (Fsp3) is 0.471. The quantitative estimate of drug-likeness (QED) is 0.253. The lowest BCUT2D eigenvalue weighted by Crippen LogP contribution is -2.47. The number of hydrogen-bond donors (Lipinski definition) is 2. The molecular weight excluding hydrogens is 556 g/mol. The normalized spacial score (nSPS) is 17.0. The van der Waals surface area contributed by atoms with Crippen molar-refractivity contribution in [3.63, 3.8) is 0 Å². The number of rotatable bonds is 8. The van der Waals surface area contributed by atoms with Crippen molar-refractivity contribution in [1.82, 2.24) is 30.0 Å². The number of carbonyl (C=O) groups excluding carboxylic acids is 1. The number of methoxy groups -OCH3 is 1. The van der Waals surface area contributed by atoms with E-state index < -0.39 is 0 Å². The SMILES string of the molecule is COc1cc(C(C)N(C(=O)OCc2ccccc2)C2CCNCC2)ccc1-c1nc2c(C)nn(C3CCCCC3)c2c(=O)[nH]1.